The third kappa shape index (κ3) is 10.9. The number of amides is 4. The number of imidazole rings is 1. The van der Waals surface area contributed by atoms with E-state index in [0.29, 0.717) is 30.6 Å². The van der Waals surface area contributed by atoms with Crippen LogP contribution in [0.25, 0.3) is 0 Å². The van der Waals surface area contributed by atoms with Crippen LogP contribution in [-0.2, 0) is 36.8 Å². The van der Waals surface area contributed by atoms with Crippen molar-refractivity contribution in [1.29, 1.82) is 0 Å². The maximum absolute atomic E-state index is 13.2. The van der Waals surface area contributed by atoms with E-state index in [1.807, 2.05) is 0 Å². The lowest BCUT2D eigenvalue weighted by Gasteiger charge is -2.25. The van der Waals surface area contributed by atoms with Crippen molar-refractivity contribution in [2.24, 2.45) is 17.2 Å². The van der Waals surface area contributed by atoms with Crippen LogP contribution in [0.4, 0.5) is 0 Å². The van der Waals surface area contributed by atoms with Crippen LogP contribution in [0, 0.1) is 0 Å². The van der Waals surface area contributed by atoms with E-state index in [4.69, 9.17) is 17.2 Å². The van der Waals surface area contributed by atoms with Gasteiger partial charge in [0.1, 0.15) is 18.1 Å². The Morgan fingerprint density at radius 2 is 1.54 bits per heavy atom. The first-order chi connectivity index (χ1) is 18.6. The van der Waals surface area contributed by atoms with Gasteiger partial charge in [0.15, 0.2) is 0 Å². The van der Waals surface area contributed by atoms with Crippen LogP contribution in [0.2, 0.25) is 0 Å². The van der Waals surface area contributed by atoms with Crippen molar-refractivity contribution < 1.29 is 29.1 Å². The van der Waals surface area contributed by atoms with Gasteiger partial charge < -0.3 is 43.2 Å². The van der Waals surface area contributed by atoms with Gasteiger partial charge in [-0.3, -0.25) is 19.2 Å². The zero-order valence-corrected chi connectivity index (χ0v) is 21.5. The molecule has 4 amide bonds. The molecule has 0 spiro atoms. The molecule has 4 atom stereocenters. The van der Waals surface area contributed by atoms with Crippen LogP contribution in [0.5, 0.6) is 0 Å². The molecular formula is C25H36N8O6. The number of H-pyrrole nitrogens is 1. The van der Waals surface area contributed by atoms with E-state index < -0.39 is 60.2 Å². The van der Waals surface area contributed by atoms with Crippen LogP contribution in [0.1, 0.15) is 36.9 Å². The van der Waals surface area contributed by atoms with Gasteiger partial charge in [-0.2, -0.15) is 0 Å². The first kappa shape index (κ1) is 30.9. The Kier molecular flexibility index (Phi) is 12.6. The fraction of sp³-hybridized carbons (Fsp3) is 0.440. The van der Waals surface area contributed by atoms with E-state index in [9.17, 15) is 29.1 Å². The number of nitrogens with two attached hydrogens (primary N) is 3. The van der Waals surface area contributed by atoms with E-state index in [1.165, 1.54) is 12.5 Å². The lowest BCUT2D eigenvalue weighted by Crippen LogP contribution is -2.58. The number of aromatic amines is 1. The molecule has 0 aliphatic heterocycles. The number of unbranched alkanes of at least 4 members (excludes halogenated alkanes) is 1. The highest BCUT2D eigenvalue weighted by Crippen LogP contribution is 2.07. The highest BCUT2D eigenvalue weighted by atomic mass is 16.4. The number of aromatic nitrogens is 2. The molecule has 2 aromatic rings. The summed E-state index contributed by atoms with van der Waals surface area (Å²) in [7, 11) is 0. The standard InChI is InChI=1S/C25H36N8O6/c26-9-5-4-8-18(25(38)39)31-23(36)19(10-15-6-2-1-3-7-15)33-24(37)20(12-21(28)34)32-22(35)17(27)11-16-13-29-14-30-16/h1-3,6-7,13-14,17-20H,4-5,8-12,26-27H2,(H2,28,34)(H,29,30)(H,31,36)(H,32,35)(H,33,37)(H,38,39). The highest BCUT2D eigenvalue weighted by Gasteiger charge is 2.31. The Morgan fingerprint density at radius 3 is 2.13 bits per heavy atom. The van der Waals surface area contributed by atoms with Gasteiger partial charge in [0, 0.05) is 24.7 Å². The topological polar surface area (TPSA) is 248 Å². The third-order valence-corrected chi connectivity index (χ3v) is 5.85. The summed E-state index contributed by atoms with van der Waals surface area (Å²) >= 11 is 0. The number of carbonyl (C=O) groups excluding carboxylic acids is 4. The molecule has 11 N–H and O–H groups in total. The van der Waals surface area contributed by atoms with Gasteiger partial charge in [0.05, 0.1) is 18.8 Å². The largest absolute Gasteiger partial charge is 0.480 e. The minimum atomic E-state index is -1.42. The summed E-state index contributed by atoms with van der Waals surface area (Å²) in [5.74, 6) is -4.42. The van der Waals surface area contributed by atoms with Gasteiger partial charge in [0.2, 0.25) is 23.6 Å². The van der Waals surface area contributed by atoms with Crippen LogP contribution < -0.4 is 33.2 Å². The molecule has 1 heterocycles. The first-order valence-corrected chi connectivity index (χ1v) is 12.5. The van der Waals surface area contributed by atoms with Gasteiger partial charge in [-0.05, 0) is 31.4 Å². The number of carboxylic acids is 1. The molecule has 4 unspecified atom stereocenters. The minimum absolute atomic E-state index is 0.0180. The van der Waals surface area contributed by atoms with E-state index >= 15 is 0 Å². The van der Waals surface area contributed by atoms with Gasteiger partial charge in [0.25, 0.3) is 0 Å². The van der Waals surface area contributed by atoms with Gasteiger partial charge in [-0.1, -0.05) is 30.3 Å². The number of aliphatic carboxylic acids is 1. The van der Waals surface area contributed by atoms with Gasteiger partial charge in [-0.25, -0.2) is 9.78 Å². The smallest absolute Gasteiger partial charge is 0.326 e. The lowest BCUT2D eigenvalue weighted by molar-refractivity contribution is -0.142. The monoisotopic (exact) mass is 544 g/mol. The number of rotatable bonds is 17. The van der Waals surface area contributed by atoms with Crippen molar-refractivity contribution >= 4 is 29.6 Å². The Hall–Kier alpha value is -4.30. The lowest BCUT2D eigenvalue weighted by atomic mass is 10.0. The number of hydrogen-bond acceptors (Lipinski definition) is 8. The van der Waals surface area contributed by atoms with Gasteiger partial charge in [-0.15, -0.1) is 0 Å². The van der Waals surface area contributed by atoms with E-state index in [1.54, 1.807) is 30.3 Å². The van der Waals surface area contributed by atoms with Crippen LogP contribution in [0.3, 0.4) is 0 Å². The number of carboxylic acid groups (broad SMARTS) is 1. The number of nitrogens with zero attached hydrogens (tertiary/aromatic N) is 1. The average molecular weight is 545 g/mol. The van der Waals surface area contributed by atoms with Crippen molar-refractivity contribution in [2.75, 3.05) is 6.54 Å². The zero-order valence-electron chi connectivity index (χ0n) is 21.5. The summed E-state index contributed by atoms with van der Waals surface area (Å²) in [4.78, 5) is 69.1. The predicted molar refractivity (Wildman–Crippen MR) is 141 cm³/mol. The maximum atomic E-state index is 13.2. The van der Waals surface area contributed by atoms with Crippen molar-refractivity contribution in [2.45, 2.75) is 62.7 Å². The van der Waals surface area contributed by atoms with Crippen molar-refractivity contribution in [3.05, 3.63) is 54.1 Å². The predicted octanol–water partition coefficient (Wildman–Crippen LogP) is -1.93. The minimum Gasteiger partial charge on any atom is -0.480 e. The molecule has 0 saturated heterocycles. The summed E-state index contributed by atoms with van der Waals surface area (Å²) in [6.07, 6.45) is 3.70. The molecule has 39 heavy (non-hydrogen) atoms. The molecule has 0 bridgehead atoms. The molecule has 212 valence electrons. The second-order valence-corrected chi connectivity index (χ2v) is 9.05. The summed E-state index contributed by atoms with van der Waals surface area (Å²) < 4.78 is 0. The summed E-state index contributed by atoms with van der Waals surface area (Å²) in [6.45, 7) is 0.380. The summed E-state index contributed by atoms with van der Waals surface area (Å²) in [5.41, 5.74) is 18.0. The number of primary amides is 1. The van der Waals surface area contributed by atoms with Crippen molar-refractivity contribution in [1.82, 2.24) is 25.9 Å². The quantitative estimate of drug-likeness (QED) is 0.103. The molecule has 2 rings (SSSR count). The summed E-state index contributed by atoms with van der Waals surface area (Å²) in [6, 6.07) is 3.84. The SMILES string of the molecule is NCCCCC(NC(=O)C(Cc1ccccc1)NC(=O)C(CC(N)=O)NC(=O)C(N)Cc1cnc[nH]1)C(=O)O. The van der Waals surface area contributed by atoms with Crippen LogP contribution >= 0.6 is 0 Å². The Bertz CT molecular complexity index is 1100. The summed E-state index contributed by atoms with van der Waals surface area (Å²) in [5, 5.41) is 17.0. The molecule has 0 saturated carbocycles. The number of benzene rings is 1. The number of nitrogens with one attached hydrogen (secondary N) is 4. The van der Waals surface area contributed by atoms with E-state index in [-0.39, 0.29) is 19.3 Å². The molecule has 1 aromatic heterocycles. The number of carbonyl (C=O) groups is 5. The first-order valence-electron chi connectivity index (χ1n) is 12.5. The van der Waals surface area contributed by atoms with E-state index in [2.05, 4.69) is 25.9 Å². The van der Waals surface area contributed by atoms with Crippen LogP contribution in [-0.4, -0.2) is 75.4 Å². The normalized spacial score (nSPS) is 13.9. The van der Waals surface area contributed by atoms with Crippen molar-refractivity contribution in [3.63, 3.8) is 0 Å². The number of hydrogen-bond donors (Lipinski definition) is 8. The van der Waals surface area contributed by atoms with Gasteiger partial charge >= 0.3 is 5.97 Å². The maximum Gasteiger partial charge on any atom is 0.326 e. The Morgan fingerprint density at radius 1 is 0.897 bits per heavy atom. The molecule has 1 aromatic carbocycles. The molecule has 14 heteroatoms. The fourth-order valence-corrected chi connectivity index (χ4v) is 3.77. The third-order valence-electron chi connectivity index (χ3n) is 5.85. The van der Waals surface area contributed by atoms with Crippen molar-refractivity contribution in [3.8, 4) is 0 Å². The van der Waals surface area contributed by atoms with E-state index in [0.717, 1.165) is 0 Å². The molecule has 14 nitrogen and oxygen atoms in total. The second kappa shape index (κ2) is 15.8. The average Bonchev–Trinajstić information content (AvgIpc) is 3.40. The fourth-order valence-electron chi connectivity index (χ4n) is 3.77. The second-order valence-electron chi connectivity index (χ2n) is 9.05. The molecule has 0 radical (unpaired) electrons. The van der Waals surface area contributed by atoms with Crippen LogP contribution in [0.15, 0.2) is 42.9 Å². The molecule has 0 aliphatic rings. The Labute approximate surface area is 225 Å². The molecular weight excluding hydrogens is 508 g/mol. The molecule has 0 fully saturated rings. The highest BCUT2D eigenvalue weighted by molar-refractivity contribution is 5.96. The Balaban J connectivity index is 2.18. The zero-order chi connectivity index (χ0) is 28.8. The molecule has 0 aliphatic carbocycles.